The van der Waals surface area contributed by atoms with Gasteiger partial charge in [0.25, 0.3) is 5.91 Å². The number of rotatable bonds is 4. The van der Waals surface area contributed by atoms with Gasteiger partial charge < -0.3 is 10.1 Å². The predicted molar refractivity (Wildman–Crippen MR) is 71.8 cm³/mol. The van der Waals surface area contributed by atoms with Crippen LogP contribution < -0.4 is 5.32 Å². The normalized spacial score (nSPS) is 13.2. The van der Waals surface area contributed by atoms with Gasteiger partial charge in [-0.05, 0) is 17.5 Å². The molecule has 0 spiro atoms. The van der Waals surface area contributed by atoms with E-state index in [1.165, 1.54) is 6.20 Å². The van der Waals surface area contributed by atoms with Crippen molar-refractivity contribution < 1.29 is 9.53 Å². The number of nitrogens with zero attached hydrogens (tertiary/aromatic N) is 1. The van der Waals surface area contributed by atoms with Crippen LogP contribution in [0.5, 0.6) is 0 Å². The first-order valence-corrected chi connectivity index (χ1v) is 6.15. The van der Waals surface area contributed by atoms with Gasteiger partial charge in [0.15, 0.2) is 0 Å². The molecule has 1 aromatic rings. The Morgan fingerprint density at radius 1 is 1.50 bits per heavy atom. The molecular formula is C13H19ClN2O2. The number of nitrogens with one attached hydrogen (secondary N) is 1. The molecule has 1 heterocycles. The topological polar surface area (TPSA) is 51.2 Å². The van der Waals surface area contributed by atoms with Gasteiger partial charge in [-0.1, -0.05) is 32.4 Å². The van der Waals surface area contributed by atoms with Crippen LogP contribution in [0.4, 0.5) is 0 Å². The molecule has 0 fully saturated rings. The quantitative estimate of drug-likeness (QED) is 0.856. The second-order valence-electron chi connectivity index (χ2n) is 5.17. The van der Waals surface area contributed by atoms with E-state index in [2.05, 4.69) is 31.1 Å². The fourth-order valence-electron chi connectivity index (χ4n) is 1.54. The lowest BCUT2D eigenvalue weighted by Crippen LogP contribution is -2.40. The summed E-state index contributed by atoms with van der Waals surface area (Å²) in [7, 11) is 1.64. The van der Waals surface area contributed by atoms with Crippen LogP contribution in [-0.4, -0.2) is 30.6 Å². The predicted octanol–water partition coefficient (Wildman–Crippen LogP) is 2.53. The fraction of sp³-hybridized carbons (Fsp3) is 0.538. The standard InChI is InChI=1S/C13H19ClN2O2/c1-13(2,3)10(18-4)8-16-12(17)9-5-6-11(14)15-7-9/h5-7,10H,8H2,1-4H3,(H,16,17)/t10-/m0/s1. The number of pyridine rings is 1. The Morgan fingerprint density at radius 2 is 2.17 bits per heavy atom. The number of aromatic nitrogens is 1. The molecule has 0 aliphatic rings. The maximum absolute atomic E-state index is 11.9. The van der Waals surface area contributed by atoms with Gasteiger partial charge in [0.05, 0.1) is 11.7 Å². The maximum Gasteiger partial charge on any atom is 0.252 e. The third kappa shape index (κ3) is 4.27. The Labute approximate surface area is 113 Å². The highest BCUT2D eigenvalue weighted by Crippen LogP contribution is 2.21. The molecule has 1 amide bonds. The molecule has 0 aliphatic heterocycles. The number of carbonyl (C=O) groups is 1. The first-order chi connectivity index (χ1) is 8.34. The van der Waals surface area contributed by atoms with Crippen molar-refractivity contribution in [1.82, 2.24) is 10.3 Å². The number of amides is 1. The zero-order chi connectivity index (χ0) is 13.8. The molecule has 1 atom stereocenters. The highest BCUT2D eigenvalue weighted by molar-refractivity contribution is 6.29. The molecule has 0 saturated heterocycles. The van der Waals surface area contributed by atoms with Crippen molar-refractivity contribution in [3.63, 3.8) is 0 Å². The van der Waals surface area contributed by atoms with E-state index in [0.717, 1.165) is 0 Å². The molecule has 0 bridgehead atoms. The molecule has 5 heteroatoms. The van der Waals surface area contributed by atoms with Gasteiger partial charge in [-0.25, -0.2) is 4.98 Å². The summed E-state index contributed by atoms with van der Waals surface area (Å²) in [6.07, 6.45) is 1.41. The first-order valence-electron chi connectivity index (χ1n) is 5.77. The number of ether oxygens (including phenoxy) is 1. The molecule has 0 saturated carbocycles. The molecular weight excluding hydrogens is 252 g/mol. The van der Waals surface area contributed by atoms with E-state index in [4.69, 9.17) is 16.3 Å². The lowest BCUT2D eigenvalue weighted by Gasteiger charge is -2.29. The molecule has 0 radical (unpaired) electrons. The summed E-state index contributed by atoms with van der Waals surface area (Å²) >= 11 is 5.66. The number of hydrogen-bond donors (Lipinski definition) is 1. The smallest absolute Gasteiger partial charge is 0.252 e. The van der Waals surface area contributed by atoms with Gasteiger partial charge in [0.1, 0.15) is 5.15 Å². The van der Waals surface area contributed by atoms with Crippen LogP contribution in [0, 0.1) is 5.41 Å². The molecule has 1 N–H and O–H groups in total. The van der Waals surface area contributed by atoms with Gasteiger partial charge in [-0.3, -0.25) is 4.79 Å². The van der Waals surface area contributed by atoms with E-state index in [1.807, 2.05) is 0 Å². The fourth-order valence-corrected chi connectivity index (χ4v) is 1.65. The van der Waals surface area contributed by atoms with Crippen LogP contribution in [0.1, 0.15) is 31.1 Å². The minimum Gasteiger partial charge on any atom is -0.379 e. The second kappa shape index (κ2) is 6.16. The minimum absolute atomic E-state index is 0.0275. The number of methoxy groups -OCH3 is 1. The average molecular weight is 271 g/mol. The Bertz CT molecular complexity index is 398. The SMILES string of the molecule is CO[C@@H](CNC(=O)c1ccc(Cl)nc1)C(C)(C)C. The molecule has 1 aromatic heterocycles. The molecule has 1 rings (SSSR count). The lowest BCUT2D eigenvalue weighted by molar-refractivity contribution is 0.0176. The van der Waals surface area contributed by atoms with Gasteiger partial charge in [-0.2, -0.15) is 0 Å². The lowest BCUT2D eigenvalue weighted by atomic mass is 9.89. The van der Waals surface area contributed by atoms with Crippen LogP contribution >= 0.6 is 11.6 Å². The largest absolute Gasteiger partial charge is 0.379 e. The second-order valence-corrected chi connectivity index (χ2v) is 5.56. The number of halogens is 1. The Kier molecular flexibility index (Phi) is 5.11. The van der Waals surface area contributed by atoms with Crippen LogP contribution in [0.15, 0.2) is 18.3 Å². The monoisotopic (exact) mass is 270 g/mol. The van der Waals surface area contributed by atoms with Crippen molar-refractivity contribution in [2.75, 3.05) is 13.7 Å². The average Bonchev–Trinajstić information content (AvgIpc) is 2.28. The summed E-state index contributed by atoms with van der Waals surface area (Å²) in [6.45, 7) is 6.66. The summed E-state index contributed by atoms with van der Waals surface area (Å²) in [4.78, 5) is 15.7. The summed E-state index contributed by atoms with van der Waals surface area (Å²) < 4.78 is 5.37. The van der Waals surface area contributed by atoms with E-state index in [9.17, 15) is 4.79 Å². The minimum atomic E-state index is -0.175. The molecule has 0 unspecified atom stereocenters. The molecule has 18 heavy (non-hydrogen) atoms. The van der Waals surface area contributed by atoms with Gasteiger partial charge in [-0.15, -0.1) is 0 Å². The number of carbonyl (C=O) groups excluding carboxylic acids is 1. The summed E-state index contributed by atoms with van der Waals surface area (Å²) in [6, 6.07) is 3.23. The highest BCUT2D eigenvalue weighted by Gasteiger charge is 2.24. The van der Waals surface area contributed by atoms with E-state index in [-0.39, 0.29) is 17.4 Å². The third-order valence-corrected chi connectivity index (χ3v) is 2.91. The zero-order valence-corrected chi connectivity index (χ0v) is 11.9. The summed E-state index contributed by atoms with van der Waals surface area (Å²) in [5, 5.41) is 3.20. The first kappa shape index (κ1) is 14.9. The third-order valence-electron chi connectivity index (χ3n) is 2.69. The van der Waals surface area contributed by atoms with Gasteiger partial charge >= 0.3 is 0 Å². The van der Waals surface area contributed by atoms with E-state index < -0.39 is 0 Å². The summed E-state index contributed by atoms with van der Waals surface area (Å²) in [5.41, 5.74) is 0.462. The van der Waals surface area contributed by atoms with Crippen LogP contribution in [0.3, 0.4) is 0 Å². The molecule has 100 valence electrons. The Morgan fingerprint density at radius 3 is 2.61 bits per heavy atom. The van der Waals surface area contributed by atoms with E-state index in [0.29, 0.717) is 17.3 Å². The van der Waals surface area contributed by atoms with Crippen LogP contribution in [0.25, 0.3) is 0 Å². The Hall–Kier alpha value is -1.13. The van der Waals surface area contributed by atoms with Crippen LogP contribution in [-0.2, 0) is 4.74 Å². The molecule has 4 nitrogen and oxygen atoms in total. The maximum atomic E-state index is 11.9. The van der Waals surface area contributed by atoms with Crippen molar-refractivity contribution in [3.05, 3.63) is 29.0 Å². The van der Waals surface area contributed by atoms with Crippen molar-refractivity contribution in [2.24, 2.45) is 5.41 Å². The van der Waals surface area contributed by atoms with Gasteiger partial charge in [0.2, 0.25) is 0 Å². The highest BCUT2D eigenvalue weighted by atomic mass is 35.5. The van der Waals surface area contributed by atoms with Crippen LogP contribution in [0.2, 0.25) is 5.15 Å². The van der Waals surface area contributed by atoms with Crippen molar-refractivity contribution in [2.45, 2.75) is 26.9 Å². The Balaban J connectivity index is 2.58. The summed E-state index contributed by atoms with van der Waals surface area (Å²) in [5.74, 6) is -0.175. The molecule has 0 aliphatic carbocycles. The van der Waals surface area contributed by atoms with Crippen molar-refractivity contribution in [3.8, 4) is 0 Å². The van der Waals surface area contributed by atoms with Crippen molar-refractivity contribution >= 4 is 17.5 Å². The molecule has 0 aromatic carbocycles. The van der Waals surface area contributed by atoms with E-state index >= 15 is 0 Å². The van der Waals surface area contributed by atoms with Gasteiger partial charge in [0, 0.05) is 19.9 Å². The van der Waals surface area contributed by atoms with E-state index in [1.54, 1.807) is 19.2 Å². The van der Waals surface area contributed by atoms with Crippen molar-refractivity contribution in [1.29, 1.82) is 0 Å². The number of hydrogen-bond acceptors (Lipinski definition) is 3. The zero-order valence-electron chi connectivity index (χ0n) is 11.2.